The molecule has 0 saturated heterocycles. The van der Waals surface area contributed by atoms with Gasteiger partial charge in [0.25, 0.3) is 0 Å². The first-order chi connectivity index (χ1) is 36.5. The van der Waals surface area contributed by atoms with Gasteiger partial charge in [-0.25, -0.2) is 0 Å². The molecule has 0 bridgehead atoms. The molecule has 15 rings (SSSR count). The van der Waals surface area contributed by atoms with Gasteiger partial charge >= 0.3 is 0 Å². The summed E-state index contributed by atoms with van der Waals surface area (Å²) < 4.78 is 7.36. The van der Waals surface area contributed by atoms with Gasteiger partial charge in [0.2, 0.25) is 0 Å². The van der Waals surface area contributed by atoms with Crippen LogP contribution in [0.5, 0.6) is 0 Å². The zero-order valence-corrected chi connectivity index (χ0v) is 40.9. The Hall–Kier alpha value is -9.65. The third kappa shape index (κ3) is 6.21. The van der Waals surface area contributed by atoms with E-state index >= 15 is 0 Å². The fourth-order valence-corrected chi connectivity index (χ4v) is 12.4. The summed E-state index contributed by atoms with van der Waals surface area (Å²) in [5.74, 6) is 0. The van der Waals surface area contributed by atoms with E-state index in [0.717, 1.165) is 73.3 Å². The average Bonchev–Trinajstić information content (AvgIpc) is 4.09. The first-order valence-electron chi connectivity index (χ1n) is 25.4. The van der Waals surface area contributed by atoms with E-state index in [9.17, 15) is 0 Å². The van der Waals surface area contributed by atoms with Gasteiger partial charge in [-0.3, -0.25) is 4.98 Å². The number of pyridine rings is 1. The normalized spacial score (nSPS) is 13.1. The number of hydrogen-bond donors (Lipinski definition) is 0. The van der Waals surface area contributed by atoms with Gasteiger partial charge in [-0.15, -0.1) is 0 Å². The predicted molar refractivity (Wildman–Crippen MR) is 309 cm³/mol. The zero-order chi connectivity index (χ0) is 49.1. The summed E-state index contributed by atoms with van der Waals surface area (Å²) in [6, 6.07) is 88.8. The Bertz CT molecular complexity index is 4400. The number of benzene rings is 10. The number of fused-ring (bicyclic) bond motifs is 11. The Morgan fingerprint density at radius 2 is 0.757 bits per heavy atom. The van der Waals surface area contributed by atoms with Crippen molar-refractivity contribution in [2.75, 3.05) is 9.80 Å². The fraction of sp³-hybridized carbons (Fsp3) is 0.0441. The third-order valence-corrected chi connectivity index (χ3v) is 15.6. The molecule has 74 heavy (non-hydrogen) atoms. The second-order valence-electron chi connectivity index (χ2n) is 20.1. The highest BCUT2D eigenvalue weighted by Crippen LogP contribution is 2.52. The lowest BCUT2D eigenvalue weighted by Crippen LogP contribution is -2.30. The maximum atomic E-state index is 4.80. The highest BCUT2D eigenvalue weighted by Gasteiger charge is 2.37. The summed E-state index contributed by atoms with van der Waals surface area (Å²) in [6.45, 7) is 4.66. The van der Waals surface area contributed by atoms with Crippen molar-refractivity contribution in [3.63, 3.8) is 0 Å². The fourth-order valence-electron chi connectivity index (χ4n) is 12.4. The summed E-state index contributed by atoms with van der Waals surface area (Å²) in [4.78, 5) is 9.58. The van der Waals surface area contributed by atoms with Crippen molar-refractivity contribution >= 4 is 99.5 Å². The largest absolute Gasteiger partial charge is 0.310 e. The summed E-state index contributed by atoms with van der Waals surface area (Å²) in [6.07, 6.45) is 3.98. The van der Waals surface area contributed by atoms with E-state index in [1.165, 1.54) is 54.5 Å². The van der Waals surface area contributed by atoms with E-state index in [4.69, 9.17) is 4.98 Å². The van der Waals surface area contributed by atoms with Crippen molar-refractivity contribution in [2.24, 2.45) is 0 Å². The number of nitrogens with zero attached hydrogens (tertiary/aromatic N) is 6. The van der Waals surface area contributed by atoms with E-state index in [-0.39, 0.29) is 5.41 Å². The smallest absolute Gasteiger partial charge is 0.0685 e. The minimum atomic E-state index is -0.245. The highest BCUT2D eigenvalue weighted by molar-refractivity contribution is 6.13. The van der Waals surface area contributed by atoms with E-state index in [1.807, 2.05) is 12.4 Å². The monoisotopic (exact) mass is 948 g/mol. The van der Waals surface area contributed by atoms with Crippen LogP contribution in [0.1, 0.15) is 25.0 Å². The lowest BCUT2D eigenvalue weighted by molar-refractivity contribution is 0.630. The Morgan fingerprint density at radius 1 is 0.324 bits per heavy atom. The van der Waals surface area contributed by atoms with Gasteiger partial charge in [-0.1, -0.05) is 141 Å². The molecule has 14 aromatic rings. The molecule has 0 atom stereocenters. The molecule has 0 spiro atoms. The molecular formula is C68H48N6. The molecule has 350 valence electrons. The molecule has 0 unspecified atom stereocenters. The first-order valence-corrected chi connectivity index (χ1v) is 25.4. The van der Waals surface area contributed by atoms with Crippen LogP contribution >= 0.6 is 0 Å². The van der Waals surface area contributed by atoms with Crippen LogP contribution in [0.15, 0.2) is 255 Å². The van der Waals surface area contributed by atoms with Crippen molar-refractivity contribution in [1.29, 1.82) is 0 Å². The zero-order valence-electron chi connectivity index (χ0n) is 40.9. The van der Waals surface area contributed by atoms with Gasteiger partial charge < -0.3 is 23.5 Å². The number of para-hydroxylation sites is 7. The molecule has 0 saturated carbocycles. The molecule has 0 fully saturated rings. The number of rotatable bonds is 7. The second kappa shape index (κ2) is 16.2. The van der Waals surface area contributed by atoms with Crippen molar-refractivity contribution in [3.05, 3.63) is 266 Å². The quantitative estimate of drug-likeness (QED) is 0.160. The number of anilines is 6. The lowest BCUT2D eigenvalue weighted by Gasteiger charge is -2.41. The Balaban J connectivity index is 1.00. The predicted octanol–water partition coefficient (Wildman–Crippen LogP) is 18.0. The van der Waals surface area contributed by atoms with E-state index in [2.05, 4.69) is 280 Å². The molecule has 6 nitrogen and oxygen atoms in total. The average molecular weight is 949 g/mol. The summed E-state index contributed by atoms with van der Waals surface area (Å²) in [7, 11) is 0. The molecule has 5 heterocycles. The minimum Gasteiger partial charge on any atom is -0.310 e. The third-order valence-electron chi connectivity index (χ3n) is 15.6. The lowest BCUT2D eigenvalue weighted by atomic mass is 9.74. The van der Waals surface area contributed by atoms with Crippen LogP contribution < -0.4 is 9.80 Å². The first kappa shape index (κ1) is 42.1. The van der Waals surface area contributed by atoms with Gasteiger partial charge in [0.1, 0.15) is 0 Å². The van der Waals surface area contributed by atoms with E-state index in [0.29, 0.717) is 0 Å². The van der Waals surface area contributed by atoms with Gasteiger partial charge in [0.05, 0.1) is 67.7 Å². The van der Waals surface area contributed by atoms with Crippen molar-refractivity contribution in [3.8, 4) is 17.1 Å². The summed E-state index contributed by atoms with van der Waals surface area (Å²) in [5.41, 5.74) is 19.0. The van der Waals surface area contributed by atoms with Crippen LogP contribution in [-0.2, 0) is 5.41 Å². The Labute approximate surface area is 428 Å². The van der Waals surface area contributed by atoms with E-state index < -0.39 is 0 Å². The van der Waals surface area contributed by atoms with Crippen LogP contribution in [0.4, 0.5) is 34.1 Å². The summed E-state index contributed by atoms with van der Waals surface area (Å²) >= 11 is 0. The molecule has 6 heteroatoms. The molecule has 4 aromatic heterocycles. The van der Waals surface area contributed by atoms with Gasteiger partial charge in [-0.05, 0) is 126 Å². The standard InChI is InChI=1S/C68H48N6/c1-68(2)58-27-13-18-32-66(58)74(67-44-69-38-37-59(67)68)51-40-49(72-62-30-16-11-25-54(62)56-42-47(33-35-64(56)72)70(45-19-5-3-6-20-45)46-21-7-4-8-22-46)39-50(41-51)73-63-31-17-12-26-55(63)57-43-48(34-36-65(57)73)71-60-28-14-9-23-52(60)53-24-10-15-29-61(53)71/h3-44H,1-2H3. The number of aromatic nitrogens is 4. The Kier molecular flexibility index (Phi) is 9.20. The highest BCUT2D eigenvalue weighted by atomic mass is 15.2. The minimum absolute atomic E-state index is 0.245. The van der Waals surface area contributed by atoms with Gasteiger partial charge in [0.15, 0.2) is 0 Å². The molecule has 0 aliphatic carbocycles. The van der Waals surface area contributed by atoms with Crippen LogP contribution in [0.3, 0.4) is 0 Å². The molecule has 0 N–H and O–H groups in total. The van der Waals surface area contributed by atoms with Gasteiger partial charge in [0, 0.05) is 66.7 Å². The topological polar surface area (TPSA) is 34.2 Å². The maximum Gasteiger partial charge on any atom is 0.0685 e. The number of hydrogen-bond acceptors (Lipinski definition) is 3. The molecule has 10 aromatic carbocycles. The van der Waals surface area contributed by atoms with Crippen molar-refractivity contribution in [1.82, 2.24) is 18.7 Å². The van der Waals surface area contributed by atoms with Crippen molar-refractivity contribution in [2.45, 2.75) is 19.3 Å². The van der Waals surface area contributed by atoms with Gasteiger partial charge in [-0.2, -0.15) is 0 Å². The van der Waals surface area contributed by atoms with Crippen LogP contribution in [0.25, 0.3) is 82.5 Å². The van der Waals surface area contributed by atoms with Crippen LogP contribution in [0.2, 0.25) is 0 Å². The second-order valence-corrected chi connectivity index (χ2v) is 20.1. The molecule has 1 aliphatic rings. The molecule has 0 amide bonds. The molecule has 0 radical (unpaired) electrons. The SMILES string of the molecule is CC1(C)c2ccccc2N(c2cc(-n3c4ccccc4c4cc(N(c5ccccc5)c5ccccc5)ccc43)cc(-n3c4ccccc4c4cc(-n5c6ccccc6c6ccccc65)ccc43)c2)c2cnccc21. The molecular weight excluding hydrogens is 901 g/mol. The van der Waals surface area contributed by atoms with E-state index in [1.54, 1.807) is 0 Å². The summed E-state index contributed by atoms with van der Waals surface area (Å²) in [5, 5.41) is 7.25. The maximum absolute atomic E-state index is 4.80. The molecule has 1 aliphatic heterocycles. The van der Waals surface area contributed by atoms with Crippen LogP contribution in [0, 0.1) is 0 Å². The Morgan fingerprint density at radius 3 is 1.34 bits per heavy atom. The van der Waals surface area contributed by atoms with Crippen LogP contribution in [-0.4, -0.2) is 18.7 Å². The van der Waals surface area contributed by atoms with Crippen molar-refractivity contribution < 1.29 is 0 Å².